The molecule has 1 heterocycles. The van der Waals surface area contributed by atoms with Crippen LogP contribution in [0.4, 0.5) is 0 Å². The van der Waals surface area contributed by atoms with Crippen molar-refractivity contribution in [3.8, 4) is 6.07 Å². The molecule has 4 rings (SSSR count). The number of carbonyl (C=O) groups is 1. The molecule has 0 N–H and O–H groups in total. The smallest absolute Gasteiger partial charge is 0.183 e. The van der Waals surface area contributed by atoms with E-state index in [2.05, 4.69) is 42.2 Å². The first-order chi connectivity index (χ1) is 13.1. The molecule has 1 unspecified atom stereocenters. The van der Waals surface area contributed by atoms with Crippen LogP contribution in [0.5, 0.6) is 0 Å². The predicted octanol–water partition coefficient (Wildman–Crippen LogP) is 4.88. The Morgan fingerprint density at radius 3 is 2.75 bits per heavy atom. The van der Waals surface area contributed by atoms with Crippen molar-refractivity contribution in [2.24, 2.45) is 0 Å². The molecule has 1 aliphatic heterocycles. The van der Waals surface area contributed by atoms with Crippen LogP contribution in [0.25, 0.3) is 0 Å². The van der Waals surface area contributed by atoms with Gasteiger partial charge >= 0.3 is 0 Å². The van der Waals surface area contributed by atoms with Gasteiger partial charge in [0.1, 0.15) is 0 Å². The highest BCUT2D eigenvalue weighted by Gasteiger charge is 2.47. The molecule has 0 amide bonds. The zero-order valence-electron chi connectivity index (χ0n) is 16.4. The third-order valence-electron chi connectivity index (χ3n) is 6.50. The highest BCUT2D eigenvalue weighted by molar-refractivity contribution is 6.05. The van der Waals surface area contributed by atoms with Crippen LogP contribution in [0.2, 0.25) is 0 Å². The standard InChI is InChI=1S/C24H26N2O.ClH/c1-18-6-2-3-7-20(18)11-15-26-14-5-4-12-24(26)13-10-21-16-19(17-25)8-9-22(21)23(24)27;/h2-3,6-9,16H,4-5,10-15H2,1H3;1H. The van der Waals surface area contributed by atoms with Crippen LogP contribution >= 0.6 is 12.4 Å². The van der Waals surface area contributed by atoms with Crippen LogP contribution in [-0.4, -0.2) is 29.3 Å². The molecule has 3 nitrogen and oxygen atoms in total. The van der Waals surface area contributed by atoms with Gasteiger partial charge in [-0.25, -0.2) is 0 Å². The monoisotopic (exact) mass is 394 g/mol. The largest absolute Gasteiger partial charge is 0.292 e. The summed E-state index contributed by atoms with van der Waals surface area (Å²) in [4.78, 5) is 16.0. The Labute approximate surface area is 173 Å². The fourth-order valence-corrected chi connectivity index (χ4v) is 4.90. The fraction of sp³-hybridized carbons (Fsp3) is 0.417. The van der Waals surface area contributed by atoms with E-state index in [0.717, 1.165) is 56.3 Å². The van der Waals surface area contributed by atoms with E-state index in [1.54, 1.807) is 6.07 Å². The lowest BCUT2D eigenvalue weighted by Crippen LogP contribution is -2.59. The lowest BCUT2D eigenvalue weighted by atomic mass is 9.71. The zero-order chi connectivity index (χ0) is 18.9. The van der Waals surface area contributed by atoms with Gasteiger partial charge in [-0.3, -0.25) is 9.69 Å². The van der Waals surface area contributed by atoms with Gasteiger partial charge in [0.05, 0.1) is 17.2 Å². The average molecular weight is 395 g/mol. The van der Waals surface area contributed by atoms with Crippen LogP contribution in [0.3, 0.4) is 0 Å². The number of likely N-dealkylation sites (tertiary alicyclic amines) is 1. The topological polar surface area (TPSA) is 44.1 Å². The minimum atomic E-state index is -0.345. The molecule has 0 radical (unpaired) electrons. The molecule has 1 saturated heterocycles. The number of piperidine rings is 1. The molecule has 2 aliphatic rings. The first kappa shape index (κ1) is 20.6. The fourth-order valence-electron chi connectivity index (χ4n) is 4.90. The molecule has 0 bridgehead atoms. The van der Waals surface area contributed by atoms with Crippen molar-refractivity contribution in [2.45, 2.75) is 51.0 Å². The van der Waals surface area contributed by atoms with Gasteiger partial charge in [0, 0.05) is 12.1 Å². The lowest BCUT2D eigenvalue weighted by molar-refractivity contribution is 0.0298. The summed E-state index contributed by atoms with van der Waals surface area (Å²) in [6.07, 6.45) is 6.00. The second-order valence-electron chi connectivity index (χ2n) is 7.97. The van der Waals surface area contributed by atoms with E-state index in [9.17, 15) is 4.79 Å². The summed E-state index contributed by atoms with van der Waals surface area (Å²) in [6, 6.07) is 16.3. The number of hydrogen-bond donors (Lipinski definition) is 0. The van der Waals surface area contributed by atoms with Gasteiger partial charge in [0.15, 0.2) is 5.78 Å². The van der Waals surface area contributed by atoms with E-state index < -0.39 is 0 Å². The second kappa shape index (κ2) is 8.47. The van der Waals surface area contributed by atoms with Gasteiger partial charge < -0.3 is 0 Å². The third kappa shape index (κ3) is 3.60. The van der Waals surface area contributed by atoms with Crippen LogP contribution in [0.1, 0.15) is 58.3 Å². The number of rotatable bonds is 3. The van der Waals surface area contributed by atoms with Crippen molar-refractivity contribution in [1.82, 2.24) is 4.90 Å². The third-order valence-corrected chi connectivity index (χ3v) is 6.50. The summed E-state index contributed by atoms with van der Waals surface area (Å²) in [5, 5.41) is 9.15. The normalized spacial score (nSPS) is 21.6. The summed E-state index contributed by atoms with van der Waals surface area (Å²) >= 11 is 0. The van der Waals surface area contributed by atoms with E-state index in [4.69, 9.17) is 5.26 Å². The van der Waals surface area contributed by atoms with Crippen LogP contribution in [0.15, 0.2) is 42.5 Å². The first-order valence-corrected chi connectivity index (χ1v) is 10.0. The van der Waals surface area contributed by atoms with Crippen LogP contribution in [0, 0.1) is 18.3 Å². The Kier molecular flexibility index (Phi) is 6.23. The van der Waals surface area contributed by atoms with E-state index in [0.29, 0.717) is 5.56 Å². The maximum atomic E-state index is 13.6. The van der Waals surface area contributed by atoms with Crippen molar-refractivity contribution in [1.29, 1.82) is 5.26 Å². The number of aryl methyl sites for hydroxylation is 2. The van der Waals surface area contributed by atoms with Gasteiger partial charge in [-0.2, -0.15) is 5.26 Å². The van der Waals surface area contributed by atoms with Crippen molar-refractivity contribution < 1.29 is 4.79 Å². The highest BCUT2D eigenvalue weighted by Crippen LogP contribution is 2.40. The van der Waals surface area contributed by atoms with Crippen LogP contribution in [-0.2, 0) is 12.8 Å². The number of benzene rings is 2. The molecule has 4 heteroatoms. The van der Waals surface area contributed by atoms with Crippen molar-refractivity contribution in [3.05, 3.63) is 70.3 Å². The summed E-state index contributed by atoms with van der Waals surface area (Å²) in [5.74, 6) is 0.276. The molecule has 2 aromatic carbocycles. The molecule has 1 aliphatic carbocycles. The van der Waals surface area contributed by atoms with E-state index in [-0.39, 0.29) is 23.7 Å². The zero-order valence-corrected chi connectivity index (χ0v) is 17.2. The maximum Gasteiger partial charge on any atom is 0.183 e. The SMILES string of the molecule is Cc1ccccc1CCN1CCCCC12CCc1cc(C#N)ccc1C2=O.Cl. The van der Waals surface area contributed by atoms with Gasteiger partial charge in [-0.05, 0) is 86.9 Å². The minimum Gasteiger partial charge on any atom is -0.292 e. The molecule has 146 valence electrons. The first-order valence-electron chi connectivity index (χ1n) is 10.0. The maximum absolute atomic E-state index is 13.6. The highest BCUT2D eigenvalue weighted by atomic mass is 35.5. The Morgan fingerprint density at radius 1 is 1.14 bits per heavy atom. The minimum absolute atomic E-state index is 0. The van der Waals surface area contributed by atoms with Gasteiger partial charge in [0.25, 0.3) is 0 Å². The van der Waals surface area contributed by atoms with Crippen LogP contribution < -0.4 is 0 Å². The average Bonchev–Trinajstić information content (AvgIpc) is 2.71. The second-order valence-corrected chi connectivity index (χ2v) is 7.97. The van der Waals surface area contributed by atoms with E-state index >= 15 is 0 Å². The van der Waals surface area contributed by atoms with Gasteiger partial charge in [0.2, 0.25) is 0 Å². The number of carbonyl (C=O) groups excluding carboxylic acids is 1. The molecule has 1 spiro atoms. The number of hydrogen-bond acceptors (Lipinski definition) is 3. The molecule has 0 saturated carbocycles. The van der Waals surface area contributed by atoms with E-state index in [1.165, 1.54) is 17.5 Å². The number of nitrogens with zero attached hydrogens (tertiary/aromatic N) is 2. The Hall–Kier alpha value is -2.15. The molecule has 0 aromatic heterocycles. The van der Waals surface area contributed by atoms with E-state index in [1.807, 2.05) is 12.1 Å². The predicted molar refractivity (Wildman–Crippen MR) is 114 cm³/mol. The Balaban J connectivity index is 0.00000225. The van der Waals surface area contributed by atoms with Crippen molar-refractivity contribution in [3.63, 3.8) is 0 Å². The number of halogens is 1. The molecule has 1 fully saturated rings. The molecule has 2 aromatic rings. The molecular weight excluding hydrogens is 368 g/mol. The summed E-state index contributed by atoms with van der Waals surface area (Å²) in [6.45, 7) is 4.10. The summed E-state index contributed by atoms with van der Waals surface area (Å²) in [5.41, 5.74) is 4.89. The number of ketones is 1. The number of Topliss-reactive ketones (excluding diaryl/α,β-unsaturated/α-hetero) is 1. The lowest BCUT2D eigenvalue weighted by Gasteiger charge is -2.48. The molecular formula is C24H27ClN2O. The quantitative estimate of drug-likeness (QED) is 0.744. The Morgan fingerprint density at radius 2 is 1.96 bits per heavy atom. The summed E-state index contributed by atoms with van der Waals surface area (Å²) in [7, 11) is 0. The number of fused-ring (bicyclic) bond motifs is 1. The Bertz CT molecular complexity index is 917. The molecule has 1 atom stereocenters. The van der Waals surface area contributed by atoms with Gasteiger partial charge in [-0.1, -0.05) is 24.3 Å². The molecule has 28 heavy (non-hydrogen) atoms. The van der Waals surface area contributed by atoms with Crippen molar-refractivity contribution in [2.75, 3.05) is 13.1 Å². The van der Waals surface area contributed by atoms with Gasteiger partial charge in [-0.15, -0.1) is 12.4 Å². The van der Waals surface area contributed by atoms with Crippen molar-refractivity contribution >= 4 is 18.2 Å². The summed E-state index contributed by atoms with van der Waals surface area (Å²) < 4.78 is 0. The number of nitriles is 1.